The van der Waals surface area contributed by atoms with E-state index in [1.54, 1.807) is 0 Å². The number of nitrogens with one attached hydrogen (secondary N) is 2. The molecule has 0 atom stereocenters. The summed E-state index contributed by atoms with van der Waals surface area (Å²) in [5, 5.41) is 12.5. The van der Waals surface area contributed by atoms with Crippen LogP contribution in [0.15, 0.2) is 30.3 Å². The summed E-state index contributed by atoms with van der Waals surface area (Å²) < 4.78 is 0. The van der Waals surface area contributed by atoms with Crippen LogP contribution in [0.3, 0.4) is 0 Å². The zero-order chi connectivity index (χ0) is 13.1. The number of hydrogen-bond acceptors (Lipinski definition) is 2. The van der Waals surface area contributed by atoms with E-state index in [4.69, 9.17) is 0 Å². The van der Waals surface area contributed by atoms with E-state index in [1.807, 2.05) is 51.1 Å². The van der Waals surface area contributed by atoms with E-state index >= 15 is 0 Å². The molecule has 90 valence electrons. The minimum atomic E-state index is 0.654. The molecule has 2 aromatic rings. The van der Waals surface area contributed by atoms with Gasteiger partial charge in [-0.1, -0.05) is 17.7 Å². The smallest absolute Gasteiger partial charge is 0.244 e. The highest BCUT2D eigenvalue weighted by atomic mass is 15.0. The number of nitriles is 1. The predicted octanol–water partition coefficient (Wildman–Crippen LogP) is 3.04. The molecule has 0 aliphatic heterocycles. The first-order valence-electron chi connectivity index (χ1n) is 5.87. The lowest BCUT2D eigenvalue weighted by Gasteiger charge is -2.04. The molecule has 0 fully saturated rings. The molecule has 0 bridgehead atoms. The Labute approximate surface area is 107 Å². The third-order valence-corrected chi connectivity index (χ3v) is 2.83. The fourth-order valence-corrected chi connectivity index (χ4v) is 1.91. The van der Waals surface area contributed by atoms with Crippen LogP contribution in [0.5, 0.6) is 0 Å². The number of aryl methyl sites for hydroxylation is 3. The van der Waals surface area contributed by atoms with Gasteiger partial charge in [0.2, 0.25) is 0 Å². The van der Waals surface area contributed by atoms with Gasteiger partial charge in [0.15, 0.2) is 0 Å². The molecule has 2 rings (SSSR count). The number of benzene rings is 1. The van der Waals surface area contributed by atoms with E-state index in [2.05, 4.69) is 16.4 Å². The molecule has 18 heavy (non-hydrogen) atoms. The van der Waals surface area contributed by atoms with Gasteiger partial charge >= 0.3 is 0 Å². The van der Waals surface area contributed by atoms with Crippen molar-refractivity contribution < 1.29 is 4.98 Å². The summed E-state index contributed by atoms with van der Waals surface area (Å²) in [6.45, 7) is 5.97. The van der Waals surface area contributed by atoms with Crippen LogP contribution in [0.4, 0.5) is 11.5 Å². The summed E-state index contributed by atoms with van der Waals surface area (Å²) in [6.07, 6.45) is 0. The Balaban J connectivity index is 2.40. The maximum Gasteiger partial charge on any atom is 0.295 e. The number of aromatic amines is 1. The zero-order valence-electron chi connectivity index (χ0n) is 10.8. The van der Waals surface area contributed by atoms with Crippen LogP contribution < -0.4 is 10.3 Å². The molecule has 3 nitrogen and oxygen atoms in total. The van der Waals surface area contributed by atoms with Gasteiger partial charge < -0.3 is 0 Å². The second kappa shape index (κ2) is 4.89. The SMILES string of the molecule is Cc1ccc(Nc2[nH+]c(C)cc(C)c2C#N)cc1. The topological polar surface area (TPSA) is 50.0 Å². The van der Waals surface area contributed by atoms with Crippen molar-refractivity contribution in [1.82, 2.24) is 0 Å². The van der Waals surface area contributed by atoms with Crippen LogP contribution in [-0.4, -0.2) is 0 Å². The van der Waals surface area contributed by atoms with Gasteiger partial charge in [-0.2, -0.15) is 5.26 Å². The van der Waals surface area contributed by atoms with E-state index in [9.17, 15) is 5.26 Å². The van der Waals surface area contributed by atoms with Gasteiger partial charge in [-0.25, -0.2) is 10.3 Å². The van der Waals surface area contributed by atoms with E-state index in [0.717, 1.165) is 22.8 Å². The number of H-pyrrole nitrogens is 1. The molecule has 1 aromatic carbocycles. The van der Waals surface area contributed by atoms with Crippen molar-refractivity contribution in [1.29, 1.82) is 5.26 Å². The van der Waals surface area contributed by atoms with Crippen molar-refractivity contribution in [2.75, 3.05) is 5.32 Å². The highest BCUT2D eigenvalue weighted by Gasteiger charge is 2.14. The Morgan fingerprint density at radius 1 is 1.11 bits per heavy atom. The lowest BCUT2D eigenvalue weighted by atomic mass is 10.1. The van der Waals surface area contributed by atoms with Crippen molar-refractivity contribution in [3.8, 4) is 6.07 Å². The van der Waals surface area contributed by atoms with Gasteiger partial charge in [-0.15, -0.1) is 0 Å². The Morgan fingerprint density at radius 2 is 1.78 bits per heavy atom. The Hall–Kier alpha value is -2.34. The number of aromatic nitrogens is 1. The van der Waals surface area contributed by atoms with Gasteiger partial charge in [0.05, 0.1) is 5.69 Å². The average molecular weight is 238 g/mol. The molecule has 0 amide bonds. The molecule has 3 heteroatoms. The van der Waals surface area contributed by atoms with Crippen LogP contribution >= 0.6 is 0 Å². The third kappa shape index (κ3) is 2.49. The van der Waals surface area contributed by atoms with E-state index < -0.39 is 0 Å². The van der Waals surface area contributed by atoms with Gasteiger partial charge in [-0.05, 0) is 44.5 Å². The van der Waals surface area contributed by atoms with Crippen molar-refractivity contribution in [2.24, 2.45) is 0 Å². The molecule has 0 spiro atoms. The van der Waals surface area contributed by atoms with Crippen molar-refractivity contribution in [2.45, 2.75) is 20.8 Å². The Bertz CT molecular complexity index is 607. The Kier molecular flexibility index (Phi) is 3.29. The monoisotopic (exact) mass is 238 g/mol. The lowest BCUT2D eigenvalue weighted by Crippen LogP contribution is -2.16. The zero-order valence-corrected chi connectivity index (χ0v) is 10.8. The second-order valence-corrected chi connectivity index (χ2v) is 4.49. The maximum atomic E-state index is 9.20. The van der Waals surface area contributed by atoms with E-state index in [0.29, 0.717) is 5.56 Å². The number of hydrogen-bond donors (Lipinski definition) is 1. The first-order valence-corrected chi connectivity index (χ1v) is 5.87. The minimum absolute atomic E-state index is 0.654. The number of nitrogens with zero attached hydrogens (tertiary/aromatic N) is 1. The summed E-state index contributed by atoms with van der Waals surface area (Å²) in [6, 6.07) is 12.3. The van der Waals surface area contributed by atoms with Crippen LogP contribution in [0.1, 0.15) is 22.4 Å². The first kappa shape index (κ1) is 12.1. The number of rotatable bonds is 2. The van der Waals surface area contributed by atoms with Gasteiger partial charge in [-0.3, -0.25) is 0 Å². The summed E-state index contributed by atoms with van der Waals surface area (Å²) >= 11 is 0. The number of pyridine rings is 1. The molecular formula is C15H16N3+. The highest BCUT2D eigenvalue weighted by molar-refractivity contribution is 5.62. The fraction of sp³-hybridized carbons (Fsp3) is 0.200. The first-order chi connectivity index (χ1) is 8.60. The lowest BCUT2D eigenvalue weighted by molar-refractivity contribution is -0.370. The highest BCUT2D eigenvalue weighted by Crippen LogP contribution is 2.19. The number of anilines is 2. The Morgan fingerprint density at radius 3 is 2.39 bits per heavy atom. The fourth-order valence-electron chi connectivity index (χ4n) is 1.91. The second-order valence-electron chi connectivity index (χ2n) is 4.49. The summed E-state index contributed by atoms with van der Waals surface area (Å²) in [7, 11) is 0. The molecule has 0 radical (unpaired) electrons. The summed E-state index contributed by atoms with van der Waals surface area (Å²) in [5.74, 6) is 0.749. The van der Waals surface area contributed by atoms with Gasteiger partial charge in [0.1, 0.15) is 17.3 Å². The van der Waals surface area contributed by atoms with E-state index in [-0.39, 0.29) is 0 Å². The van der Waals surface area contributed by atoms with Crippen LogP contribution in [0.25, 0.3) is 0 Å². The molecule has 2 N–H and O–H groups in total. The molecule has 0 unspecified atom stereocenters. The van der Waals surface area contributed by atoms with Gasteiger partial charge in [0.25, 0.3) is 5.82 Å². The summed E-state index contributed by atoms with van der Waals surface area (Å²) in [4.78, 5) is 3.20. The van der Waals surface area contributed by atoms with Crippen LogP contribution in [0, 0.1) is 32.1 Å². The largest absolute Gasteiger partial charge is 0.295 e. The van der Waals surface area contributed by atoms with E-state index in [1.165, 1.54) is 5.56 Å². The van der Waals surface area contributed by atoms with Gasteiger partial charge in [0, 0.05) is 0 Å². The molecule has 1 aromatic heterocycles. The van der Waals surface area contributed by atoms with Crippen molar-refractivity contribution >= 4 is 11.5 Å². The third-order valence-electron chi connectivity index (χ3n) is 2.83. The molecule has 0 aliphatic carbocycles. The summed E-state index contributed by atoms with van der Waals surface area (Å²) in [5.41, 5.74) is 4.84. The minimum Gasteiger partial charge on any atom is -0.244 e. The van der Waals surface area contributed by atoms with Crippen LogP contribution in [0.2, 0.25) is 0 Å². The average Bonchev–Trinajstić information content (AvgIpc) is 2.32. The molecule has 0 saturated carbocycles. The normalized spacial score (nSPS) is 9.89. The quantitative estimate of drug-likeness (QED) is 0.874. The predicted molar refractivity (Wildman–Crippen MR) is 71.6 cm³/mol. The molecule has 0 aliphatic rings. The standard InChI is InChI=1S/C15H15N3/c1-10-4-6-13(7-5-10)18-15-14(9-16)11(2)8-12(3)17-15/h4-8H,1-3H3,(H,17,18)/p+1. The molecule has 1 heterocycles. The van der Waals surface area contributed by atoms with Crippen molar-refractivity contribution in [3.63, 3.8) is 0 Å². The van der Waals surface area contributed by atoms with Crippen LogP contribution in [-0.2, 0) is 0 Å². The molecular weight excluding hydrogens is 222 g/mol. The maximum absolute atomic E-state index is 9.20. The van der Waals surface area contributed by atoms with Crippen molar-refractivity contribution in [3.05, 3.63) is 52.7 Å². The molecule has 0 saturated heterocycles.